The minimum atomic E-state index is 0.475. The number of unbranched alkanes of at least 4 members (excludes halogenated alkanes) is 2. The number of alkyl halides is 1. The van der Waals surface area contributed by atoms with E-state index in [4.69, 9.17) is 27.6 Å². The fourth-order valence-electron chi connectivity index (χ4n) is 1.08. The van der Waals surface area contributed by atoms with Gasteiger partial charge in [-0.3, -0.25) is 0 Å². The van der Waals surface area contributed by atoms with Crippen molar-refractivity contribution in [3.8, 4) is 0 Å². The van der Waals surface area contributed by atoms with Gasteiger partial charge in [0.15, 0.2) is 5.22 Å². The van der Waals surface area contributed by atoms with Gasteiger partial charge < -0.3 is 4.42 Å². The van der Waals surface area contributed by atoms with Crippen molar-refractivity contribution < 1.29 is 4.42 Å². The first kappa shape index (κ1) is 12.3. The molecule has 0 aliphatic rings. The van der Waals surface area contributed by atoms with Gasteiger partial charge in [0.05, 0.1) is 5.75 Å². The van der Waals surface area contributed by atoms with Gasteiger partial charge in [-0.15, -0.1) is 11.6 Å². The fraction of sp³-hybridized carbons (Fsp3) is 0.600. The molecule has 0 amide bonds. The van der Waals surface area contributed by atoms with Gasteiger partial charge in [0.25, 0.3) is 0 Å². The Morgan fingerprint density at radius 1 is 1.21 bits per heavy atom. The molecule has 0 spiro atoms. The molecule has 0 unspecified atom stereocenters. The molecular weight excluding hydrogens is 239 g/mol. The maximum atomic E-state index is 5.65. The topological polar surface area (TPSA) is 13.1 Å². The maximum Gasteiger partial charge on any atom is 0.193 e. The van der Waals surface area contributed by atoms with E-state index in [1.165, 1.54) is 12.8 Å². The van der Waals surface area contributed by atoms with E-state index in [1.807, 2.05) is 17.8 Å². The highest BCUT2D eigenvalue weighted by molar-refractivity contribution is 7.98. The third-order valence-electron chi connectivity index (χ3n) is 1.80. The normalized spacial score (nSPS) is 10.7. The zero-order valence-corrected chi connectivity index (χ0v) is 10.3. The first-order valence-corrected chi connectivity index (χ1v) is 6.77. The average Bonchev–Trinajstić information content (AvgIpc) is 2.58. The van der Waals surface area contributed by atoms with Crippen molar-refractivity contribution in [2.45, 2.75) is 25.0 Å². The van der Waals surface area contributed by atoms with E-state index in [2.05, 4.69) is 0 Å². The van der Waals surface area contributed by atoms with Gasteiger partial charge in [-0.05, 0) is 42.3 Å². The summed E-state index contributed by atoms with van der Waals surface area (Å²) in [6, 6.07) is 3.71. The molecule has 0 aliphatic heterocycles. The lowest BCUT2D eigenvalue weighted by Gasteiger charge is -1.98. The van der Waals surface area contributed by atoms with Crippen molar-refractivity contribution >= 4 is 35.0 Å². The predicted molar refractivity (Wildman–Crippen MR) is 64.5 cm³/mol. The van der Waals surface area contributed by atoms with E-state index in [0.717, 1.165) is 29.6 Å². The molecule has 0 atom stereocenters. The van der Waals surface area contributed by atoms with Crippen molar-refractivity contribution in [3.63, 3.8) is 0 Å². The molecule has 4 heteroatoms. The molecule has 0 aliphatic carbocycles. The molecule has 0 bridgehead atoms. The Morgan fingerprint density at radius 3 is 2.71 bits per heavy atom. The van der Waals surface area contributed by atoms with Crippen molar-refractivity contribution in [2.24, 2.45) is 0 Å². The fourth-order valence-corrected chi connectivity index (χ4v) is 2.34. The summed E-state index contributed by atoms with van der Waals surface area (Å²) in [6.07, 6.45) is 3.57. The highest BCUT2D eigenvalue weighted by Crippen LogP contribution is 2.19. The van der Waals surface area contributed by atoms with E-state index in [9.17, 15) is 0 Å². The van der Waals surface area contributed by atoms with Gasteiger partial charge in [0.2, 0.25) is 0 Å². The van der Waals surface area contributed by atoms with Crippen LogP contribution in [0.1, 0.15) is 25.0 Å². The molecule has 0 saturated heterocycles. The lowest BCUT2D eigenvalue weighted by atomic mass is 10.3. The number of rotatable bonds is 7. The van der Waals surface area contributed by atoms with E-state index in [-0.39, 0.29) is 0 Å². The van der Waals surface area contributed by atoms with Crippen LogP contribution in [0.15, 0.2) is 16.5 Å². The largest absolute Gasteiger partial charge is 0.449 e. The highest BCUT2D eigenvalue weighted by Gasteiger charge is 1.99. The minimum Gasteiger partial charge on any atom is -0.449 e. The van der Waals surface area contributed by atoms with Crippen LogP contribution in [0.3, 0.4) is 0 Å². The standard InChI is InChI=1S/C10H14Cl2OS/c11-6-2-1-3-7-14-8-9-4-5-10(12)13-9/h4-5H,1-3,6-8H2. The van der Waals surface area contributed by atoms with Crippen LogP contribution in [0.2, 0.25) is 5.22 Å². The zero-order chi connectivity index (χ0) is 10.2. The van der Waals surface area contributed by atoms with Gasteiger partial charge in [0.1, 0.15) is 5.76 Å². The monoisotopic (exact) mass is 252 g/mol. The van der Waals surface area contributed by atoms with Crippen LogP contribution in [0.5, 0.6) is 0 Å². The molecule has 0 saturated carbocycles. The Hall–Kier alpha value is 0.210. The van der Waals surface area contributed by atoms with Crippen LogP contribution in [-0.2, 0) is 5.75 Å². The Balaban J connectivity index is 1.99. The summed E-state index contributed by atoms with van der Waals surface area (Å²) < 4.78 is 5.23. The quantitative estimate of drug-likeness (QED) is 0.521. The lowest BCUT2D eigenvalue weighted by molar-refractivity contribution is 0.532. The van der Waals surface area contributed by atoms with Crippen molar-refractivity contribution in [1.82, 2.24) is 0 Å². The summed E-state index contributed by atoms with van der Waals surface area (Å²) in [4.78, 5) is 0. The van der Waals surface area contributed by atoms with E-state index < -0.39 is 0 Å². The van der Waals surface area contributed by atoms with Crippen molar-refractivity contribution in [2.75, 3.05) is 11.6 Å². The molecule has 80 valence electrons. The van der Waals surface area contributed by atoms with E-state index in [1.54, 1.807) is 6.07 Å². The SMILES string of the molecule is ClCCCCCSCc1ccc(Cl)o1. The maximum absolute atomic E-state index is 5.65. The smallest absolute Gasteiger partial charge is 0.193 e. The molecule has 1 nitrogen and oxygen atoms in total. The molecule has 1 heterocycles. The Bertz CT molecular complexity index is 250. The van der Waals surface area contributed by atoms with Crippen LogP contribution in [-0.4, -0.2) is 11.6 Å². The molecule has 0 aromatic carbocycles. The molecule has 1 aromatic rings. The second kappa shape index (κ2) is 7.49. The first-order chi connectivity index (χ1) is 6.83. The third-order valence-corrected chi connectivity index (χ3v) is 3.33. The first-order valence-electron chi connectivity index (χ1n) is 4.71. The van der Waals surface area contributed by atoms with Gasteiger partial charge in [0, 0.05) is 5.88 Å². The van der Waals surface area contributed by atoms with E-state index >= 15 is 0 Å². The summed E-state index contributed by atoms with van der Waals surface area (Å²) in [5, 5.41) is 0.475. The highest BCUT2D eigenvalue weighted by atomic mass is 35.5. The molecule has 14 heavy (non-hydrogen) atoms. The average molecular weight is 253 g/mol. The van der Waals surface area contributed by atoms with Gasteiger partial charge in [-0.25, -0.2) is 0 Å². The summed E-state index contributed by atoms with van der Waals surface area (Å²) in [5.74, 6) is 3.80. The molecule has 0 fully saturated rings. The molecule has 1 rings (SSSR count). The van der Waals surface area contributed by atoms with Crippen molar-refractivity contribution in [1.29, 1.82) is 0 Å². The number of halogens is 2. The second-order valence-corrected chi connectivity index (χ2v) is 4.86. The van der Waals surface area contributed by atoms with E-state index in [0.29, 0.717) is 5.22 Å². The Labute approximate surface area is 99.1 Å². The Kier molecular flexibility index (Phi) is 6.57. The van der Waals surface area contributed by atoms with Crippen LogP contribution in [0.4, 0.5) is 0 Å². The van der Waals surface area contributed by atoms with Crippen LogP contribution in [0.25, 0.3) is 0 Å². The summed E-state index contributed by atoms with van der Waals surface area (Å²) in [6.45, 7) is 0. The third kappa shape index (κ3) is 5.18. The minimum absolute atomic E-state index is 0.475. The number of furan rings is 1. The van der Waals surface area contributed by atoms with Gasteiger partial charge in [-0.1, -0.05) is 6.42 Å². The molecule has 0 radical (unpaired) electrons. The number of hydrogen-bond acceptors (Lipinski definition) is 2. The summed E-state index contributed by atoms with van der Waals surface area (Å²) >= 11 is 13.1. The summed E-state index contributed by atoms with van der Waals surface area (Å²) in [5.41, 5.74) is 0. The molecule has 1 aromatic heterocycles. The Morgan fingerprint density at radius 2 is 2.07 bits per heavy atom. The summed E-state index contributed by atoms with van der Waals surface area (Å²) in [7, 11) is 0. The second-order valence-electron chi connectivity index (χ2n) is 3.01. The predicted octanol–water partition coefficient (Wildman–Crippen LogP) is 4.58. The van der Waals surface area contributed by atoms with Gasteiger partial charge >= 0.3 is 0 Å². The van der Waals surface area contributed by atoms with Crippen LogP contribution < -0.4 is 0 Å². The van der Waals surface area contributed by atoms with Crippen LogP contribution in [0, 0.1) is 0 Å². The molecule has 0 N–H and O–H groups in total. The lowest BCUT2D eigenvalue weighted by Crippen LogP contribution is -1.83. The number of thioether (sulfide) groups is 1. The molecular formula is C10H14Cl2OS. The van der Waals surface area contributed by atoms with Crippen molar-refractivity contribution in [3.05, 3.63) is 23.1 Å². The number of hydrogen-bond donors (Lipinski definition) is 0. The van der Waals surface area contributed by atoms with Gasteiger partial charge in [-0.2, -0.15) is 11.8 Å². The zero-order valence-electron chi connectivity index (χ0n) is 7.97. The van der Waals surface area contributed by atoms with Crippen LogP contribution >= 0.6 is 35.0 Å².